The first-order chi connectivity index (χ1) is 8.18. The van der Waals surface area contributed by atoms with Crippen LogP contribution < -0.4 is 5.32 Å². The molecule has 17 heavy (non-hydrogen) atoms. The van der Waals surface area contributed by atoms with Crippen molar-refractivity contribution in [1.82, 2.24) is 20.0 Å². The van der Waals surface area contributed by atoms with Crippen molar-refractivity contribution in [3.8, 4) is 0 Å². The monoisotopic (exact) mass is 234 g/mol. The molecule has 0 bridgehead atoms. The number of hydrogen-bond donors (Lipinski definition) is 1. The average Bonchev–Trinajstić information content (AvgIpc) is 2.96. The molecule has 1 aromatic heterocycles. The molecule has 4 heteroatoms. The molecule has 4 unspecified atom stereocenters. The van der Waals surface area contributed by atoms with Gasteiger partial charge in [-0.3, -0.25) is 9.58 Å². The number of hydrogen-bond acceptors (Lipinski definition) is 3. The van der Waals surface area contributed by atoms with Gasteiger partial charge in [-0.2, -0.15) is 5.10 Å². The minimum absolute atomic E-state index is 0.475. The van der Waals surface area contributed by atoms with Crippen LogP contribution in [0, 0.1) is 11.8 Å². The first-order valence-corrected chi connectivity index (χ1v) is 6.63. The van der Waals surface area contributed by atoms with Gasteiger partial charge in [-0.25, -0.2) is 0 Å². The lowest BCUT2D eigenvalue weighted by Gasteiger charge is -2.30. The van der Waals surface area contributed by atoms with Crippen molar-refractivity contribution >= 4 is 0 Å². The Kier molecular flexibility index (Phi) is 2.71. The summed E-state index contributed by atoms with van der Waals surface area (Å²) < 4.78 is 2.00. The normalized spacial score (nSPS) is 35.1. The van der Waals surface area contributed by atoms with Crippen molar-refractivity contribution in [1.29, 1.82) is 0 Å². The number of likely N-dealkylation sites (tertiary alicyclic amines) is 1. The van der Waals surface area contributed by atoms with Crippen molar-refractivity contribution in [2.24, 2.45) is 18.9 Å². The van der Waals surface area contributed by atoms with E-state index in [1.807, 2.05) is 17.9 Å². The Morgan fingerprint density at radius 2 is 2.29 bits per heavy atom. The lowest BCUT2D eigenvalue weighted by atomic mass is 9.95. The van der Waals surface area contributed by atoms with Crippen molar-refractivity contribution in [2.45, 2.75) is 25.9 Å². The number of nitrogens with one attached hydrogen (secondary N) is 1. The van der Waals surface area contributed by atoms with Crippen LogP contribution in [0.15, 0.2) is 12.3 Å². The number of aromatic nitrogens is 2. The molecule has 0 saturated carbocycles. The summed E-state index contributed by atoms with van der Waals surface area (Å²) in [5, 5.41) is 7.80. The van der Waals surface area contributed by atoms with Gasteiger partial charge in [0.2, 0.25) is 0 Å². The third-order valence-electron chi connectivity index (χ3n) is 4.76. The van der Waals surface area contributed by atoms with E-state index in [1.165, 1.54) is 25.3 Å². The van der Waals surface area contributed by atoms with Gasteiger partial charge in [0, 0.05) is 31.9 Å². The Labute approximate surface area is 103 Å². The van der Waals surface area contributed by atoms with Gasteiger partial charge in [-0.05, 0) is 44.8 Å². The fourth-order valence-electron chi connectivity index (χ4n) is 3.68. The summed E-state index contributed by atoms with van der Waals surface area (Å²) in [5.74, 6) is 1.69. The van der Waals surface area contributed by atoms with E-state index in [0.717, 1.165) is 11.8 Å². The summed E-state index contributed by atoms with van der Waals surface area (Å²) in [7, 11) is 2.04. The van der Waals surface area contributed by atoms with E-state index >= 15 is 0 Å². The predicted molar refractivity (Wildman–Crippen MR) is 67.6 cm³/mol. The van der Waals surface area contributed by atoms with E-state index in [2.05, 4.69) is 35.2 Å². The highest BCUT2D eigenvalue weighted by Crippen LogP contribution is 2.37. The summed E-state index contributed by atoms with van der Waals surface area (Å²) in [6, 6.07) is 3.30. The molecule has 0 spiro atoms. The number of aryl methyl sites for hydroxylation is 1. The van der Waals surface area contributed by atoms with E-state index < -0.39 is 0 Å². The Hall–Kier alpha value is -0.870. The first-order valence-electron chi connectivity index (χ1n) is 6.63. The van der Waals surface area contributed by atoms with E-state index in [4.69, 9.17) is 0 Å². The molecule has 4 nitrogen and oxygen atoms in total. The molecular formula is C13H22N4. The fourth-order valence-corrected chi connectivity index (χ4v) is 3.68. The molecule has 0 aliphatic carbocycles. The van der Waals surface area contributed by atoms with Crippen LogP contribution in [-0.2, 0) is 7.05 Å². The predicted octanol–water partition coefficient (Wildman–Crippen LogP) is 1.02. The van der Waals surface area contributed by atoms with Gasteiger partial charge in [0.05, 0.1) is 5.69 Å². The van der Waals surface area contributed by atoms with E-state index in [-0.39, 0.29) is 0 Å². The van der Waals surface area contributed by atoms with Crippen LogP contribution >= 0.6 is 0 Å². The van der Waals surface area contributed by atoms with Gasteiger partial charge < -0.3 is 5.32 Å². The van der Waals surface area contributed by atoms with Crippen molar-refractivity contribution in [3.05, 3.63) is 18.0 Å². The maximum Gasteiger partial charge on any atom is 0.0549 e. The number of nitrogens with zero attached hydrogens (tertiary/aromatic N) is 3. The van der Waals surface area contributed by atoms with Crippen LogP contribution in [0.4, 0.5) is 0 Å². The molecular weight excluding hydrogens is 212 g/mol. The second-order valence-electron chi connectivity index (χ2n) is 5.58. The van der Waals surface area contributed by atoms with Crippen LogP contribution in [0.3, 0.4) is 0 Å². The van der Waals surface area contributed by atoms with Gasteiger partial charge in [0.15, 0.2) is 0 Å². The first kappa shape index (κ1) is 11.2. The molecule has 2 aliphatic rings. The van der Waals surface area contributed by atoms with Gasteiger partial charge >= 0.3 is 0 Å². The third kappa shape index (κ3) is 1.70. The highest BCUT2D eigenvalue weighted by Gasteiger charge is 2.43. The van der Waals surface area contributed by atoms with Gasteiger partial charge in [0.25, 0.3) is 0 Å². The maximum atomic E-state index is 4.28. The Balaban J connectivity index is 1.79. The summed E-state index contributed by atoms with van der Waals surface area (Å²) in [6.45, 7) is 8.31. The van der Waals surface area contributed by atoms with Crippen LogP contribution in [0.25, 0.3) is 0 Å². The molecule has 2 saturated heterocycles. The molecule has 4 atom stereocenters. The second kappa shape index (κ2) is 4.10. The van der Waals surface area contributed by atoms with E-state index in [1.54, 1.807) is 0 Å². The largest absolute Gasteiger partial charge is 0.316 e. The maximum absolute atomic E-state index is 4.28. The lowest BCUT2D eigenvalue weighted by molar-refractivity contribution is 0.176. The molecule has 1 N–H and O–H groups in total. The van der Waals surface area contributed by atoms with Crippen molar-refractivity contribution in [3.63, 3.8) is 0 Å². The molecule has 94 valence electrons. The van der Waals surface area contributed by atoms with Crippen LogP contribution in [0.1, 0.15) is 25.6 Å². The molecule has 3 rings (SSSR count). The van der Waals surface area contributed by atoms with Gasteiger partial charge in [0.1, 0.15) is 0 Å². The van der Waals surface area contributed by atoms with Crippen LogP contribution in [-0.4, -0.2) is 40.4 Å². The molecule has 3 heterocycles. The summed E-state index contributed by atoms with van der Waals surface area (Å²) >= 11 is 0. The average molecular weight is 234 g/mol. The molecule has 0 aromatic carbocycles. The molecule has 2 aliphatic heterocycles. The molecule has 0 radical (unpaired) electrons. The van der Waals surface area contributed by atoms with Crippen molar-refractivity contribution in [2.75, 3.05) is 19.6 Å². The SMILES string of the molecule is CC(c1ccnn1C)N1CC2CNCC2C1C. The topological polar surface area (TPSA) is 33.1 Å². The zero-order valence-electron chi connectivity index (χ0n) is 10.9. The summed E-state index contributed by atoms with van der Waals surface area (Å²) in [6.07, 6.45) is 1.90. The standard InChI is InChI=1S/C13H22N4/c1-9-12-7-14-6-11(12)8-17(9)10(2)13-4-5-15-16(13)3/h4-5,9-12,14H,6-8H2,1-3H3. The highest BCUT2D eigenvalue weighted by molar-refractivity contribution is 5.09. The number of rotatable bonds is 2. The van der Waals surface area contributed by atoms with E-state index in [0.29, 0.717) is 12.1 Å². The van der Waals surface area contributed by atoms with E-state index in [9.17, 15) is 0 Å². The third-order valence-corrected chi connectivity index (χ3v) is 4.76. The molecule has 2 fully saturated rings. The van der Waals surface area contributed by atoms with Gasteiger partial charge in [-0.15, -0.1) is 0 Å². The number of fused-ring (bicyclic) bond motifs is 1. The van der Waals surface area contributed by atoms with Crippen LogP contribution in [0.2, 0.25) is 0 Å². The fraction of sp³-hybridized carbons (Fsp3) is 0.769. The Morgan fingerprint density at radius 3 is 2.94 bits per heavy atom. The zero-order chi connectivity index (χ0) is 12.0. The minimum atomic E-state index is 0.475. The minimum Gasteiger partial charge on any atom is -0.316 e. The zero-order valence-corrected chi connectivity index (χ0v) is 10.9. The second-order valence-corrected chi connectivity index (χ2v) is 5.58. The quantitative estimate of drug-likeness (QED) is 0.829. The van der Waals surface area contributed by atoms with Gasteiger partial charge in [-0.1, -0.05) is 0 Å². The Bertz CT molecular complexity index is 400. The molecule has 0 amide bonds. The highest BCUT2D eigenvalue weighted by atomic mass is 15.3. The summed E-state index contributed by atoms with van der Waals surface area (Å²) in [4.78, 5) is 2.65. The molecule has 1 aromatic rings. The van der Waals surface area contributed by atoms with Crippen molar-refractivity contribution < 1.29 is 0 Å². The Morgan fingerprint density at radius 1 is 1.47 bits per heavy atom. The van der Waals surface area contributed by atoms with Crippen LogP contribution in [0.5, 0.6) is 0 Å². The smallest absolute Gasteiger partial charge is 0.0549 e. The lowest BCUT2D eigenvalue weighted by Crippen LogP contribution is -2.35. The summed E-state index contributed by atoms with van der Waals surface area (Å²) in [5.41, 5.74) is 1.32.